The first kappa shape index (κ1) is 22.8. The molecule has 0 saturated carbocycles. The van der Waals surface area contributed by atoms with E-state index in [2.05, 4.69) is 17.1 Å². The Morgan fingerprint density at radius 2 is 1.88 bits per heavy atom. The fourth-order valence-electron chi connectivity index (χ4n) is 5.05. The fraction of sp³-hybridized carbons (Fsp3) is 0.429. The number of hydrogen-bond donors (Lipinski definition) is 0. The number of carbonyl (C=O) groups is 1. The lowest BCUT2D eigenvalue weighted by Gasteiger charge is -2.26. The van der Waals surface area contributed by atoms with E-state index in [0.717, 1.165) is 46.4 Å². The number of likely N-dealkylation sites (tertiary alicyclic amines) is 1. The maximum absolute atomic E-state index is 13.3. The van der Waals surface area contributed by atoms with E-state index in [0.29, 0.717) is 19.8 Å². The van der Waals surface area contributed by atoms with Crippen LogP contribution >= 0.6 is 0 Å². The van der Waals surface area contributed by atoms with Crippen LogP contribution in [-0.2, 0) is 26.3 Å². The highest BCUT2D eigenvalue weighted by Crippen LogP contribution is 2.37. The van der Waals surface area contributed by atoms with Crippen molar-refractivity contribution >= 4 is 16.8 Å². The molecule has 1 aromatic heterocycles. The van der Waals surface area contributed by atoms with Gasteiger partial charge in [0.1, 0.15) is 18.5 Å². The van der Waals surface area contributed by atoms with Gasteiger partial charge in [0, 0.05) is 29.7 Å². The number of nitrogens with zero attached hydrogens (tertiary/aromatic N) is 2. The van der Waals surface area contributed by atoms with Gasteiger partial charge in [-0.3, -0.25) is 9.78 Å². The molecule has 2 aliphatic heterocycles. The van der Waals surface area contributed by atoms with Gasteiger partial charge in [0.05, 0.1) is 17.5 Å². The topological polar surface area (TPSA) is 60.9 Å². The van der Waals surface area contributed by atoms with Gasteiger partial charge in [0.15, 0.2) is 5.79 Å². The molecular formula is C28H32N2O4. The van der Waals surface area contributed by atoms with Crippen molar-refractivity contribution in [2.75, 3.05) is 19.7 Å². The van der Waals surface area contributed by atoms with Crippen LogP contribution in [0.25, 0.3) is 10.9 Å². The quantitative estimate of drug-likeness (QED) is 0.531. The number of ether oxygens (including phenoxy) is 3. The number of pyridine rings is 1. The van der Waals surface area contributed by atoms with E-state index < -0.39 is 11.2 Å². The molecule has 2 aliphatic rings. The Morgan fingerprint density at radius 1 is 1.12 bits per heavy atom. The molecule has 34 heavy (non-hydrogen) atoms. The predicted molar refractivity (Wildman–Crippen MR) is 131 cm³/mol. The number of rotatable bonds is 6. The lowest BCUT2D eigenvalue weighted by molar-refractivity contribution is -0.145. The zero-order valence-corrected chi connectivity index (χ0v) is 20.3. The third kappa shape index (κ3) is 4.40. The second-order valence-electron chi connectivity index (χ2n) is 10.0. The van der Waals surface area contributed by atoms with Crippen LogP contribution in [0.1, 0.15) is 44.0 Å². The first-order valence-electron chi connectivity index (χ1n) is 11.9. The van der Waals surface area contributed by atoms with E-state index in [1.165, 1.54) is 0 Å². The Bertz CT molecular complexity index is 1210. The molecule has 2 unspecified atom stereocenters. The zero-order valence-electron chi connectivity index (χ0n) is 20.3. The summed E-state index contributed by atoms with van der Waals surface area (Å²) in [5.74, 6) is 0.355. The smallest absolute Gasteiger partial charge is 0.233 e. The number of hydrogen-bond acceptors (Lipinski definition) is 5. The lowest BCUT2D eigenvalue weighted by Crippen LogP contribution is -2.40. The van der Waals surface area contributed by atoms with Gasteiger partial charge >= 0.3 is 0 Å². The minimum atomic E-state index is -0.576. The maximum Gasteiger partial charge on any atom is 0.233 e. The van der Waals surface area contributed by atoms with Gasteiger partial charge in [0.2, 0.25) is 5.91 Å². The lowest BCUT2D eigenvalue weighted by atomic mass is 9.81. The average Bonchev–Trinajstić information content (AvgIpc) is 3.31. The molecule has 2 fully saturated rings. The third-order valence-corrected chi connectivity index (χ3v) is 6.95. The summed E-state index contributed by atoms with van der Waals surface area (Å²) in [6, 6.07) is 18.2. The number of para-hydroxylation sites is 1. The van der Waals surface area contributed by atoms with Gasteiger partial charge in [-0.15, -0.1) is 0 Å². The van der Waals surface area contributed by atoms with Crippen LogP contribution in [0.3, 0.4) is 0 Å². The number of fused-ring (bicyclic) bond motifs is 1. The number of aromatic nitrogens is 1. The first-order valence-corrected chi connectivity index (χ1v) is 11.9. The molecule has 2 saturated heterocycles. The molecular weight excluding hydrogens is 428 g/mol. The molecule has 3 aromatic rings. The summed E-state index contributed by atoms with van der Waals surface area (Å²) in [6.45, 7) is 10.1. The Morgan fingerprint density at radius 3 is 2.62 bits per heavy atom. The van der Waals surface area contributed by atoms with Crippen molar-refractivity contribution < 1.29 is 19.0 Å². The third-order valence-electron chi connectivity index (χ3n) is 6.95. The van der Waals surface area contributed by atoms with Crippen LogP contribution in [0.5, 0.6) is 5.75 Å². The van der Waals surface area contributed by atoms with E-state index in [1.807, 2.05) is 75.1 Å². The number of benzene rings is 2. The maximum atomic E-state index is 13.3. The van der Waals surface area contributed by atoms with Gasteiger partial charge in [0.25, 0.3) is 0 Å². The van der Waals surface area contributed by atoms with Crippen LogP contribution in [0.4, 0.5) is 0 Å². The molecule has 3 heterocycles. The fourth-order valence-corrected chi connectivity index (χ4v) is 5.05. The summed E-state index contributed by atoms with van der Waals surface area (Å²) in [5, 5.41) is 1.11. The first-order chi connectivity index (χ1) is 16.2. The molecule has 2 aromatic carbocycles. The summed E-state index contributed by atoms with van der Waals surface area (Å²) < 4.78 is 17.7. The molecule has 6 heteroatoms. The molecule has 5 rings (SSSR count). The standard InChI is InChI=1S/C28H32N2O4/c1-19-15-20(24-7-5-6-8-25(24)29-19)17-32-22-11-9-21(10-12-22)28(4)13-14-30(26(28)31)16-23-18-33-27(2,3)34-23/h5-12,15,23H,13-14,16-18H2,1-4H3. The molecule has 2 atom stereocenters. The predicted octanol–water partition coefficient (Wildman–Crippen LogP) is 4.76. The van der Waals surface area contributed by atoms with Gasteiger partial charge in [-0.05, 0) is 63.9 Å². The van der Waals surface area contributed by atoms with Crippen LogP contribution in [0.2, 0.25) is 0 Å². The highest BCUT2D eigenvalue weighted by molar-refractivity contribution is 5.90. The Balaban J connectivity index is 1.25. The second-order valence-corrected chi connectivity index (χ2v) is 10.0. The number of aryl methyl sites for hydroxylation is 1. The molecule has 0 N–H and O–H groups in total. The number of carbonyl (C=O) groups excluding carboxylic acids is 1. The SMILES string of the molecule is Cc1cc(COc2ccc(C3(C)CCN(CC4COC(C)(C)O4)C3=O)cc2)c2ccccc2n1. The zero-order chi connectivity index (χ0) is 23.9. The minimum Gasteiger partial charge on any atom is -0.489 e. The highest BCUT2D eigenvalue weighted by atomic mass is 16.7. The average molecular weight is 461 g/mol. The van der Waals surface area contributed by atoms with Crippen molar-refractivity contribution in [3.05, 3.63) is 71.4 Å². The van der Waals surface area contributed by atoms with Crippen LogP contribution in [0, 0.1) is 6.92 Å². The van der Waals surface area contributed by atoms with Gasteiger partial charge in [-0.1, -0.05) is 30.3 Å². The van der Waals surface area contributed by atoms with Crippen molar-refractivity contribution in [2.24, 2.45) is 0 Å². The van der Waals surface area contributed by atoms with Crippen molar-refractivity contribution in [3.8, 4) is 5.75 Å². The van der Waals surface area contributed by atoms with E-state index in [4.69, 9.17) is 14.2 Å². The minimum absolute atomic E-state index is 0.0787. The van der Waals surface area contributed by atoms with E-state index in [-0.39, 0.29) is 12.0 Å². The van der Waals surface area contributed by atoms with E-state index in [9.17, 15) is 4.79 Å². The van der Waals surface area contributed by atoms with Crippen LogP contribution in [0.15, 0.2) is 54.6 Å². The van der Waals surface area contributed by atoms with Crippen LogP contribution < -0.4 is 4.74 Å². The Labute approximate surface area is 200 Å². The molecule has 6 nitrogen and oxygen atoms in total. The van der Waals surface area contributed by atoms with Gasteiger partial charge < -0.3 is 19.1 Å². The van der Waals surface area contributed by atoms with Crippen molar-refractivity contribution in [3.63, 3.8) is 0 Å². The molecule has 0 spiro atoms. The summed E-state index contributed by atoms with van der Waals surface area (Å²) in [5.41, 5.74) is 3.55. The Hall–Kier alpha value is -2.96. The second kappa shape index (κ2) is 8.67. The monoisotopic (exact) mass is 460 g/mol. The van der Waals surface area contributed by atoms with Crippen molar-refractivity contribution in [2.45, 2.75) is 58.0 Å². The van der Waals surface area contributed by atoms with Crippen molar-refractivity contribution in [1.29, 1.82) is 0 Å². The van der Waals surface area contributed by atoms with E-state index >= 15 is 0 Å². The van der Waals surface area contributed by atoms with Gasteiger partial charge in [-0.2, -0.15) is 0 Å². The van der Waals surface area contributed by atoms with Crippen LogP contribution in [-0.4, -0.2) is 47.4 Å². The largest absolute Gasteiger partial charge is 0.489 e. The highest BCUT2D eigenvalue weighted by Gasteiger charge is 2.45. The molecule has 1 amide bonds. The molecule has 178 valence electrons. The Kier molecular flexibility index (Phi) is 5.82. The van der Waals surface area contributed by atoms with E-state index in [1.54, 1.807) is 0 Å². The summed E-state index contributed by atoms with van der Waals surface area (Å²) in [4.78, 5) is 19.8. The molecule has 0 radical (unpaired) electrons. The summed E-state index contributed by atoms with van der Waals surface area (Å²) in [6.07, 6.45) is 0.704. The van der Waals surface area contributed by atoms with Gasteiger partial charge in [-0.25, -0.2) is 0 Å². The molecule has 0 bridgehead atoms. The molecule has 0 aliphatic carbocycles. The summed E-state index contributed by atoms with van der Waals surface area (Å²) >= 11 is 0. The normalized spacial score (nSPS) is 24.2. The summed E-state index contributed by atoms with van der Waals surface area (Å²) in [7, 11) is 0. The number of amides is 1. The van der Waals surface area contributed by atoms with Crippen molar-refractivity contribution in [1.82, 2.24) is 9.88 Å².